The lowest BCUT2D eigenvalue weighted by Crippen LogP contribution is -2.15. The topological polar surface area (TPSA) is 122 Å². The van der Waals surface area contributed by atoms with Gasteiger partial charge in [-0.25, -0.2) is 13.2 Å². The van der Waals surface area contributed by atoms with Gasteiger partial charge >= 0.3 is 5.97 Å². The molecule has 0 fully saturated rings. The van der Waals surface area contributed by atoms with Crippen LogP contribution in [0.15, 0.2) is 41.3 Å². The summed E-state index contributed by atoms with van der Waals surface area (Å²) in [5, 5.41) is 11.1. The van der Waals surface area contributed by atoms with E-state index >= 15 is 0 Å². The van der Waals surface area contributed by atoms with Gasteiger partial charge in [-0.15, -0.1) is 0 Å². The van der Waals surface area contributed by atoms with Crippen molar-refractivity contribution in [2.75, 3.05) is 13.0 Å². The number of hydrogen-bond donors (Lipinski definition) is 0. The third-order valence-electron chi connectivity index (χ3n) is 3.86. The highest BCUT2D eigenvalue weighted by atomic mass is 32.2. The lowest BCUT2D eigenvalue weighted by Gasteiger charge is -2.20. The zero-order valence-electron chi connectivity index (χ0n) is 14.2. The van der Waals surface area contributed by atoms with Crippen molar-refractivity contribution >= 4 is 21.5 Å². The van der Waals surface area contributed by atoms with E-state index in [1.165, 1.54) is 36.4 Å². The third kappa shape index (κ3) is 4.23. The first-order valence-corrected chi connectivity index (χ1v) is 9.63. The number of non-ortho nitro benzene ring substituents is 1. The quantitative estimate of drug-likeness (QED) is 0.430. The molecule has 0 atom stereocenters. The lowest BCUT2D eigenvalue weighted by atomic mass is 10.1. The van der Waals surface area contributed by atoms with Gasteiger partial charge in [-0.2, -0.15) is 0 Å². The Labute approximate surface area is 154 Å². The molecule has 27 heavy (non-hydrogen) atoms. The Bertz CT molecular complexity index is 998. The van der Waals surface area contributed by atoms with Crippen LogP contribution in [-0.4, -0.2) is 32.4 Å². The van der Waals surface area contributed by atoms with E-state index < -0.39 is 20.7 Å². The molecule has 1 heterocycles. The van der Waals surface area contributed by atoms with Gasteiger partial charge in [-0.3, -0.25) is 10.1 Å². The molecule has 0 N–H and O–H groups in total. The van der Waals surface area contributed by atoms with Crippen LogP contribution in [0.3, 0.4) is 0 Å². The van der Waals surface area contributed by atoms with E-state index in [-0.39, 0.29) is 36.2 Å². The van der Waals surface area contributed by atoms with Crippen LogP contribution in [-0.2, 0) is 32.5 Å². The zero-order valence-corrected chi connectivity index (χ0v) is 15.0. The summed E-state index contributed by atoms with van der Waals surface area (Å²) >= 11 is 0. The first kappa shape index (κ1) is 18.8. The minimum atomic E-state index is -3.37. The number of nitro groups is 1. The van der Waals surface area contributed by atoms with Crippen LogP contribution < -0.4 is 4.74 Å². The molecule has 10 heteroatoms. The van der Waals surface area contributed by atoms with Crippen LogP contribution in [0.25, 0.3) is 0 Å². The number of nitro benzene ring substituents is 1. The molecule has 142 valence electrons. The minimum absolute atomic E-state index is 0.00128. The fourth-order valence-electron chi connectivity index (χ4n) is 2.56. The largest absolute Gasteiger partial charge is 0.467 e. The Morgan fingerprint density at radius 2 is 1.96 bits per heavy atom. The van der Waals surface area contributed by atoms with Crippen molar-refractivity contribution in [1.82, 2.24) is 0 Å². The van der Waals surface area contributed by atoms with Gasteiger partial charge in [0, 0.05) is 29.5 Å². The summed E-state index contributed by atoms with van der Waals surface area (Å²) in [7, 11) is -3.37. The second-order valence-corrected chi connectivity index (χ2v) is 7.85. The highest BCUT2D eigenvalue weighted by Gasteiger charge is 2.22. The van der Waals surface area contributed by atoms with E-state index in [4.69, 9.17) is 14.2 Å². The molecule has 0 saturated heterocycles. The second-order valence-electron chi connectivity index (χ2n) is 5.83. The highest BCUT2D eigenvalue weighted by molar-refractivity contribution is 7.90. The third-order valence-corrected chi connectivity index (χ3v) is 4.99. The fourth-order valence-corrected chi connectivity index (χ4v) is 3.19. The predicted molar refractivity (Wildman–Crippen MR) is 92.1 cm³/mol. The summed E-state index contributed by atoms with van der Waals surface area (Å²) < 4.78 is 38.6. The van der Waals surface area contributed by atoms with Crippen molar-refractivity contribution in [1.29, 1.82) is 0 Å². The standard InChI is InChI=1S/C17H15NO8S/c1-27(22,23)15-4-2-11(3-5-15)17(19)25-9-13-7-14(18(20)21)6-12-8-24-10-26-16(12)13/h2-7H,8-10H2,1H3. The van der Waals surface area contributed by atoms with Crippen molar-refractivity contribution in [2.45, 2.75) is 18.1 Å². The van der Waals surface area contributed by atoms with Gasteiger partial charge in [0.05, 0.1) is 22.0 Å². The van der Waals surface area contributed by atoms with Crippen LogP contribution in [0.1, 0.15) is 21.5 Å². The number of ether oxygens (including phenoxy) is 3. The van der Waals surface area contributed by atoms with Crippen molar-refractivity contribution < 1.29 is 32.3 Å². The number of nitrogens with zero attached hydrogens (tertiary/aromatic N) is 1. The zero-order chi connectivity index (χ0) is 19.6. The Morgan fingerprint density at radius 3 is 2.59 bits per heavy atom. The molecule has 0 spiro atoms. The van der Waals surface area contributed by atoms with E-state index in [1.807, 2.05) is 0 Å². The molecule has 1 aliphatic heterocycles. The molecule has 2 aromatic rings. The van der Waals surface area contributed by atoms with Crippen LogP contribution in [0.5, 0.6) is 5.75 Å². The monoisotopic (exact) mass is 393 g/mol. The van der Waals surface area contributed by atoms with E-state index in [0.29, 0.717) is 16.9 Å². The first-order valence-electron chi connectivity index (χ1n) is 7.73. The van der Waals surface area contributed by atoms with E-state index in [1.54, 1.807) is 0 Å². The number of sulfone groups is 1. The molecule has 0 amide bonds. The van der Waals surface area contributed by atoms with E-state index in [9.17, 15) is 23.3 Å². The van der Waals surface area contributed by atoms with Gasteiger partial charge in [0.15, 0.2) is 16.6 Å². The summed E-state index contributed by atoms with van der Waals surface area (Å²) in [6.07, 6.45) is 1.06. The van der Waals surface area contributed by atoms with Gasteiger partial charge in [-0.05, 0) is 24.3 Å². The normalized spacial score (nSPS) is 13.4. The van der Waals surface area contributed by atoms with Crippen LogP contribution in [0.4, 0.5) is 5.69 Å². The summed E-state index contributed by atoms with van der Waals surface area (Å²) in [5.74, 6) is -0.297. The molecule has 9 nitrogen and oxygen atoms in total. The molecular weight excluding hydrogens is 378 g/mol. The van der Waals surface area contributed by atoms with Gasteiger partial charge in [0.1, 0.15) is 12.4 Å². The first-order chi connectivity index (χ1) is 12.8. The maximum absolute atomic E-state index is 12.2. The van der Waals surface area contributed by atoms with Gasteiger partial charge in [-0.1, -0.05) is 0 Å². The molecule has 3 rings (SSSR count). The summed E-state index contributed by atoms with van der Waals surface area (Å²) in [6.45, 7) is -0.0830. The number of esters is 1. The average molecular weight is 393 g/mol. The van der Waals surface area contributed by atoms with Crippen molar-refractivity contribution in [2.24, 2.45) is 0 Å². The number of carbonyl (C=O) groups is 1. The maximum atomic E-state index is 12.2. The van der Waals surface area contributed by atoms with Gasteiger partial charge in [0.2, 0.25) is 0 Å². The Hall–Kier alpha value is -2.98. The molecule has 2 aromatic carbocycles. The van der Waals surface area contributed by atoms with Gasteiger partial charge in [0.25, 0.3) is 5.69 Å². The van der Waals surface area contributed by atoms with Crippen molar-refractivity contribution in [3.05, 3.63) is 63.2 Å². The SMILES string of the molecule is CS(=O)(=O)c1ccc(C(=O)OCc2cc([N+](=O)[O-])cc3c2OCOC3)cc1. The van der Waals surface area contributed by atoms with E-state index in [2.05, 4.69) is 0 Å². The number of rotatable bonds is 5. The molecule has 0 bridgehead atoms. The summed E-state index contributed by atoms with van der Waals surface area (Å²) in [5.41, 5.74) is 0.847. The number of carbonyl (C=O) groups excluding carboxylic acids is 1. The lowest BCUT2D eigenvalue weighted by molar-refractivity contribution is -0.385. The Morgan fingerprint density at radius 1 is 1.26 bits per heavy atom. The minimum Gasteiger partial charge on any atom is -0.467 e. The molecule has 0 unspecified atom stereocenters. The van der Waals surface area contributed by atoms with Crippen LogP contribution in [0.2, 0.25) is 0 Å². The number of benzene rings is 2. The maximum Gasteiger partial charge on any atom is 0.338 e. The summed E-state index contributed by atoms with van der Waals surface area (Å²) in [6, 6.07) is 7.93. The predicted octanol–water partition coefficient (Wildman–Crippen LogP) is 2.22. The molecular formula is C17H15NO8S. The second kappa shape index (κ2) is 7.33. The molecule has 0 saturated carbocycles. The van der Waals surface area contributed by atoms with E-state index in [0.717, 1.165) is 6.26 Å². The Balaban J connectivity index is 1.79. The number of fused-ring (bicyclic) bond motifs is 1. The average Bonchev–Trinajstić information content (AvgIpc) is 2.65. The molecule has 0 aromatic heterocycles. The fraction of sp³-hybridized carbons (Fsp3) is 0.235. The summed E-state index contributed by atoms with van der Waals surface area (Å²) in [4.78, 5) is 22.8. The molecule has 0 aliphatic carbocycles. The Kier molecular flexibility index (Phi) is 5.10. The van der Waals surface area contributed by atoms with Gasteiger partial charge < -0.3 is 14.2 Å². The molecule has 0 radical (unpaired) electrons. The smallest absolute Gasteiger partial charge is 0.338 e. The molecule has 1 aliphatic rings. The van der Waals surface area contributed by atoms with Crippen LogP contribution >= 0.6 is 0 Å². The number of hydrogen-bond acceptors (Lipinski definition) is 8. The highest BCUT2D eigenvalue weighted by Crippen LogP contribution is 2.33. The van der Waals surface area contributed by atoms with Crippen molar-refractivity contribution in [3.8, 4) is 5.75 Å². The van der Waals surface area contributed by atoms with Crippen LogP contribution in [0, 0.1) is 10.1 Å². The van der Waals surface area contributed by atoms with Crippen molar-refractivity contribution in [3.63, 3.8) is 0 Å².